The second kappa shape index (κ2) is 14.2. The number of hydrogen-bond donors (Lipinski definition) is 5. The Morgan fingerprint density at radius 1 is 1.35 bits per heavy atom. The molecule has 1 aromatic heterocycles. The van der Waals surface area contributed by atoms with Gasteiger partial charge in [0.1, 0.15) is 37.3 Å². The van der Waals surface area contributed by atoms with Crippen molar-refractivity contribution in [1.29, 1.82) is 10.7 Å². The van der Waals surface area contributed by atoms with E-state index in [1.807, 2.05) is 13.0 Å². The maximum absolute atomic E-state index is 13.0. The number of aliphatic imine (C=N–C) groups is 1. The summed E-state index contributed by atoms with van der Waals surface area (Å²) >= 11 is 0. The van der Waals surface area contributed by atoms with E-state index in [0.717, 1.165) is 32.0 Å². The molecule has 1 aromatic rings. The normalized spacial score (nSPS) is 25.9. The lowest BCUT2D eigenvalue weighted by molar-refractivity contribution is -0.163. The van der Waals surface area contributed by atoms with Crippen molar-refractivity contribution < 1.29 is 33.7 Å². The zero-order chi connectivity index (χ0) is 31.9. The lowest BCUT2D eigenvalue weighted by Gasteiger charge is -2.28. The van der Waals surface area contributed by atoms with Crippen LogP contribution in [0.25, 0.3) is 0 Å². The molecule has 1 aliphatic carbocycles. The smallest absolute Gasteiger partial charge is 0.323 e. The molecule has 2 aliphatic rings. The van der Waals surface area contributed by atoms with Gasteiger partial charge in [-0.05, 0) is 42.7 Å². The van der Waals surface area contributed by atoms with E-state index in [0.29, 0.717) is 6.42 Å². The van der Waals surface area contributed by atoms with Crippen LogP contribution in [0, 0.1) is 34.0 Å². The van der Waals surface area contributed by atoms with Crippen molar-refractivity contribution in [2.75, 3.05) is 6.61 Å². The Kier molecular flexibility index (Phi) is 11.2. The fraction of sp³-hybridized carbons (Fsp3) is 0.667. The van der Waals surface area contributed by atoms with E-state index in [2.05, 4.69) is 15.3 Å². The summed E-state index contributed by atoms with van der Waals surface area (Å²) in [7, 11) is 0. The van der Waals surface area contributed by atoms with Crippen LogP contribution in [0.2, 0.25) is 0 Å². The van der Waals surface area contributed by atoms with Gasteiger partial charge in [-0.15, -0.1) is 0 Å². The van der Waals surface area contributed by atoms with Crippen molar-refractivity contribution in [3.05, 3.63) is 23.5 Å². The molecule has 0 aromatic carbocycles. The van der Waals surface area contributed by atoms with E-state index in [4.69, 9.17) is 25.4 Å². The summed E-state index contributed by atoms with van der Waals surface area (Å²) in [6, 6.07) is 3.92. The topological polar surface area (TPSA) is 213 Å². The minimum absolute atomic E-state index is 0.0312. The second-order valence-corrected chi connectivity index (χ2v) is 12.4. The van der Waals surface area contributed by atoms with Crippen LogP contribution in [0.1, 0.15) is 84.5 Å². The van der Waals surface area contributed by atoms with Crippen molar-refractivity contribution in [3.8, 4) is 6.07 Å². The van der Waals surface area contributed by atoms with Crippen molar-refractivity contribution in [1.82, 2.24) is 10.3 Å². The van der Waals surface area contributed by atoms with E-state index in [1.165, 1.54) is 12.1 Å². The Morgan fingerprint density at radius 3 is 2.60 bits per heavy atom. The Hall–Kier alpha value is -3.60. The summed E-state index contributed by atoms with van der Waals surface area (Å²) in [6.45, 7) is 8.52. The monoisotopic (exact) mass is 600 g/mol. The molecule has 1 saturated carbocycles. The first-order valence-corrected chi connectivity index (χ1v) is 14.7. The number of aromatic nitrogens is 1. The largest absolute Gasteiger partial charge is 0.463 e. The first-order valence-electron chi connectivity index (χ1n) is 14.7. The number of carbonyl (C=O) groups excluding carboxylic acids is 3. The van der Waals surface area contributed by atoms with Crippen LogP contribution < -0.4 is 11.1 Å². The molecule has 13 heteroatoms. The minimum atomic E-state index is -2.08. The van der Waals surface area contributed by atoms with Crippen LogP contribution in [-0.4, -0.2) is 71.1 Å². The number of nitrogens with two attached hydrogens (primary N) is 1. The van der Waals surface area contributed by atoms with Gasteiger partial charge in [-0.3, -0.25) is 19.8 Å². The van der Waals surface area contributed by atoms with E-state index in [9.17, 15) is 24.8 Å². The number of carbonyl (C=O) groups is 3. The predicted octanol–water partition coefficient (Wildman–Crippen LogP) is 2.42. The minimum Gasteiger partial charge on any atom is -0.463 e. The van der Waals surface area contributed by atoms with Crippen LogP contribution in [0.4, 0.5) is 0 Å². The average Bonchev–Trinajstić information content (AvgIpc) is 3.72. The molecule has 0 unspecified atom stereocenters. The fourth-order valence-corrected chi connectivity index (χ4v) is 5.11. The summed E-state index contributed by atoms with van der Waals surface area (Å²) in [5.41, 5.74) is 3.70. The molecule has 1 amide bonds. The number of nitrogens with one attached hydrogen (secondary N) is 3. The molecule has 2 fully saturated rings. The molecule has 1 saturated heterocycles. The highest BCUT2D eigenvalue weighted by molar-refractivity contribution is 6.09. The van der Waals surface area contributed by atoms with Crippen LogP contribution in [0.5, 0.6) is 0 Å². The average molecular weight is 601 g/mol. The summed E-state index contributed by atoms with van der Waals surface area (Å²) in [5, 5.41) is 31.9. The number of esters is 2. The Labute approximate surface area is 252 Å². The van der Waals surface area contributed by atoms with E-state index in [-0.39, 0.29) is 48.0 Å². The lowest BCUT2D eigenvalue weighted by atomic mass is 9.87. The molecular formula is C30H44N6O7. The quantitative estimate of drug-likeness (QED) is 0.143. The zero-order valence-electron chi connectivity index (χ0n) is 25.5. The fourth-order valence-electron chi connectivity index (χ4n) is 5.11. The van der Waals surface area contributed by atoms with Crippen molar-refractivity contribution in [2.45, 2.75) is 103 Å². The van der Waals surface area contributed by atoms with Gasteiger partial charge in [0.15, 0.2) is 11.9 Å². The van der Waals surface area contributed by atoms with E-state index in [1.54, 1.807) is 27.7 Å². The van der Waals surface area contributed by atoms with Gasteiger partial charge in [0, 0.05) is 12.3 Å². The molecule has 1 aliphatic heterocycles. The molecule has 236 valence electrons. The highest BCUT2D eigenvalue weighted by Gasteiger charge is 2.59. The van der Waals surface area contributed by atoms with Gasteiger partial charge in [0.05, 0.1) is 11.4 Å². The molecule has 13 nitrogen and oxygen atoms in total. The molecule has 2 heterocycles. The van der Waals surface area contributed by atoms with E-state index < -0.39 is 47.3 Å². The number of amidine groups is 1. The van der Waals surface area contributed by atoms with Gasteiger partial charge in [-0.25, -0.2) is 4.99 Å². The molecular weight excluding hydrogens is 556 g/mol. The lowest BCUT2D eigenvalue weighted by Crippen LogP contribution is -2.49. The maximum atomic E-state index is 13.0. The molecule has 0 radical (unpaired) electrons. The van der Waals surface area contributed by atoms with Gasteiger partial charge in [-0.2, -0.15) is 5.26 Å². The molecule has 0 bridgehead atoms. The SMILES string of the molecule is CC[C@H](C)C(=O)N/C(=N/C=N)c1ccc([C@]2(C#N)O[C@H](COC(=O)CC3CCCC3)[C@@H](OC(=O)[C@H](N)C(C)(C)C)[C@H]2O)[nH]1. The number of aliphatic hydroxyl groups is 1. The maximum Gasteiger partial charge on any atom is 0.323 e. The van der Waals surface area contributed by atoms with Gasteiger partial charge in [-0.1, -0.05) is 47.5 Å². The molecule has 6 atom stereocenters. The van der Waals surface area contributed by atoms with Crippen LogP contribution in [0.15, 0.2) is 17.1 Å². The van der Waals surface area contributed by atoms with Crippen LogP contribution in [-0.2, 0) is 34.2 Å². The van der Waals surface area contributed by atoms with Gasteiger partial charge in [0.25, 0.3) is 0 Å². The third kappa shape index (κ3) is 7.87. The number of amides is 1. The number of nitriles is 1. The van der Waals surface area contributed by atoms with Gasteiger partial charge < -0.3 is 35.4 Å². The number of hydrogen-bond acceptors (Lipinski definition) is 10. The molecule has 0 spiro atoms. The first-order chi connectivity index (χ1) is 20.3. The Bertz CT molecular complexity index is 1240. The predicted molar refractivity (Wildman–Crippen MR) is 157 cm³/mol. The summed E-state index contributed by atoms with van der Waals surface area (Å²) in [5.74, 6) is -1.60. The third-order valence-corrected chi connectivity index (χ3v) is 8.21. The number of aliphatic hydroxyl groups excluding tert-OH is 1. The van der Waals surface area contributed by atoms with Crippen molar-refractivity contribution in [2.24, 2.45) is 28.0 Å². The third-order valence-electron chi connectivity index (χ3n) is 8.21. The molecule has 3 rings (SSSR count). The Balaban J connectivity index is 1.90. The highest BCUT2D eigenvalue weighted by Crippen LogP contribution is 2.41. The molecule has 43 heavy (non-hydrogen) atoms. The standard InChI is InChI=1S/C30H44N6O7/c1-6-17(2)27(39)36-26(34-16-32)19-11-12-21(35-19)30(15-31)25(38)23(42-28(40)24(33)29(3,4)5)20(43-30)14-41-22(37)13-18-9-7-8-10-18/h11-12,16-18,20,23-25,35,38H,6-10,13-14,33H2,1-5H3,(H2,32,34,36,39)/t17-,20+,23+,24-,25+,30-/m0/s1. The zero-order valence-corrected chi connectivity index (χ0v) is 25.5. The van der Waals surface area contributed by atoms with Crippen molar-refractivity contribution >= 4 is 30.0 Å². The number of rotatable bonds is 11. The van der Waals surface area contributed by atoms with Crippen LogP contribution >= 0.6 is 0 Å². The number of aromatic amines is 1. The number of nitrogens with zero attached hydrogens (tertiary/aromatic N) is 2. The first kappa shape index (κ1) is 33.9. The summed E-state index contributed by atoms with van der Waals surface area (Å²) in [6.07, 6.45) is 1.33. The van der Waals surface area contributed by atoms with E-state index >= 15 is 0 Å². The highest BCUT2D eigenvalue weighted by atomic mass is 16.6. The number of H-pyrrole nitrogens is 1. The second-order valence-electron chi connectivity index (χ2n) is 12.4. The van der Waals surface area contributed by atoms with Crippen molar-refractivity contribution in [3.63, 3.8) is 0 Å². The molecule has 6 N–H and O–H groups in total. The summed E-state index contributed by atoms with van der Waals surface area (Å²) in [4.78, 5) is 45.0. The van der Waals surface area contributed by atoms with Gasteiger partial charge >= 0.3 is 11.9 Å². The number of ether oxygens (including phenoxy) is 3. The van der Waals surface area contributed by atoms with Gasteiger partial charge in [0.2, 0.25) is 11.5 Å². The van der Waals surface area contributed by atoms with Crippen LogP contribution in [0.3, 0.4) is 0 Å². The Morgan fingerprint density at radius 2 is 2.02 bits per heavy atom. The summed E-state index contributed by atoms with van der Waals surface area (Å²) < 4.78 is 17.2.